The van der Waals surface area contributed by atoms with Gasteiger partial charge in [0.25, 0.3) is 0 Å². The quantitative estimate of drug-likeness (QED) is 0.609. The highest BCUT2D eigenvalue weighted by molar-refractivity contribution is 5.65. The van der Waals surface area contributed by atoms with Crippen molar-refractivity contribution >= 4 is 5.97 Å². The third-order valence-electron chi connectivity index (χ3n) is 2.85. The average Bonchev–Trinajstić information content (AvgIpc) is 2.34. The predicted octanol–water partition coefficient (Wildman–Crippen LogP) is 2.49. The molecule has 0 bridgehead atoms. The predicted molar refractivity (Wildman–Crippen MR) is 66.7 cm³/mol. The van der Waals surface area contributed by atoms with E-state index in [1.807, 2.05) is 37.3 Å². The van der Waals surface area contributed by atoms with E-state index in [0.717, 1.165) is 5.56 Å². The van der Waals surface area contributed by atoms with E-state index in [1.165, 1.54) is 6.92 Å². The Hall–Kier alpha value is -1.35. The minimum Gasteiger partial charge on any atom is -0.466 e. The number of hydrogen-bond acceptors (Lipinski definition) is 3. The maximum atomic E-state index is 10.6. The van der Waals surface area contributed by atoms with Gasteiger partial charge in [0.1, 0.15) is 0 Å². The molecule has 1 rings (SSSR count). The van der Waals surface area contributed by atoms with E-state index >= 15 is 0 Å². The molecule has 3 nitrogen and oxygen atoms in total. The summed E-state index contributed by atoms with van der Waals surface area (Å²) in [7, 11) is 0. The van der Waals surface area contributed by atoms with Gasteiger partial charge >= 0.3 is 5.97 Å². The molecule has 0 radical (unpaired) electrons. The van der Waals surface area contributed by atoms with Crippen molar-refractivity contribution in [1.82, 2.24) is 0 Å². The van der Waals surface area contributed by atoms with Gasteiger partial charge < -0.3 is 9.84 Å². The van der Waals surface area contributed by atoms with Gasteiger partial charge in [0.05, 0.1) is 12.7 Å². The van der Waals surface area contributed by atoms with Gasteiger partial charge in [0.15, 0.2) is 0 Å². The summed E-state index contributed by atoms with van der Waals surface area (Å²) < 4.78 is 4.83. The number of hydrogen-bond donors (Lipinski definition) is 1. The number of ether oxygens (including phenoxy) is 1. The van der Waals surface area contributed by atoms with Crippen LogP contribution in [0.1, 0.15) is 38.2 Å². The van der Waals surface area contributed by atoms with Crippen LogP contribution in [-0.4, -0.2) is 23.8 Å². The highest BCUT2D eigenvalue weighted by atomic mass is 16.5. The Morgan fingerprint density at radius 1 is 1.35 bits per heavy atom. The fraction of sp³-hybridized carbons (Fsp3) is 0.500. The molecular weight excluding hydrogens is 216 g/mol. The zero-order valence-electron chi connectivity index (χ0n) is 10.4. The fourth-order valence-electron chi connectivity index (χ4n) is 1.74. The van der Waals surface area contributed by atoms with Gasteiger partial charge in [-0.1, -0.05) is 37.3 Å². The van der Waals surface area contributed by atoms with Gasteiger partial charge in [-0.3, -0.25) is 4.79 Å². The third kappa shape index (κ3) is 5.00. The highest BCUT2D eigenvalue weighted by Gasteiger charge is 2.15. The van der Waals surface area contributed by atoms with Crippen molar-refractivity contribution in [2.45, 2.75) is 38.7 Å². The van der Waals surface area contributed by atoms with E-state index in [2.05, 4.69) is 0 Å². The molecule has 0 aliphatic rings. The van der Waals surface area contributed by atoms with Gasteiger partial charge in [-0.15, -0.1) is 0 Å². The van der Waals surface area contributed by atoms with Crippen LogP contribution >= 0.6 is 0 Å². The Labute approximate surface area is 102 Å². The second-order valence-electron chi connectivity index (χ2n) is 4.25. The number of rotatable bonds is 6. The molecule has 0 spiro atoms. The van der Waals surface area contributed by atoms with Gasteiger partial charge in [-0.05, 0) is 18.4 Å². The second kappa shape index (κ2) is 7.07. The summed E-state index contributed by atoms with van der Waals surface area (Å²) >= 11 is 0. The summed E-state index contributed by atoms with van der Waals surface area (Å²) in [5.41, 5.74) is 1.13. The molecular formula is C14H20O3. The van der Waals surface area contributed by atoms with Crippen molar-refractivity contribution in [1.29, 1.82) is 0 Å². The molecule has 2 atom stereocenters. The van der Waals surface area contributed by atoms with Crippen LogP contribution in [0.4, 0.5) is 0 Å². The summed E-state index contributed by atoms with van der Waals surface area (Å²) in [6, 6.07) is 9.93. The molecule has 0 aliphatic heterocycles. The average molecular weight is 236 g/mol. The first kappa shape index (κ1) is 13.7. The SMILES string of the molecule is CC(=O)OCCCC(O)C(C)c1ccccc1. The van der Waals surface area contributed by atoms with Crippen molar-refractivity contribution in [2.24, 2.45) is 0 Å². The third-order valence-corrected chi connectivity index (χ3v) is 2.85. The smallest absolute Gasteiger partial charge is 0.302 e. The maximum Gasteiger partial charge on any atom is 0.302 e. The van der Waals surface area contributed by atoms with E-state index in [9.17, 15) is 9.90 Å². The Morgan fingerprint density at radius 2 is 2.00 bits per heavy atom. The lowest BCUT2D eigenvalue weighted by atomic mass is 9.93. The topological polar surface area (TPSA) is 46.5 Å². The van der Waals surface area contributed by atoms with Gasteiger partial charge in [-0.2, -0.15) is 0 Å². The monoisotopic (exact) mass is 236 g/mol. The molecule has 0 saturated heterocycles. The van der Waals surface area contributed by atoms with Gasteiger partial charge in [-0.25, -0.2) is 0 Å². The van der Waals surface area contributed by atoms with Crippen LogP contribution < -0.4 is 0 Å². The molecule has 3 heteroatoms. The number of aliphatic hydroxyl groups is 1. The maximum absolute atomic E-state index is 10.6. The van der Waals surface area contributed by atoms with E-state index in [1.54, 1.807) is 0 Å². The lowest BCUT2D eigenvalue weighted by molar-refractivity contribution is -0.141. The second-order valence-corrected chi connectivity index (χ2v) is 4.25. The van der Waals surface area contributed by atoms with E-state index in [4.69, 9.17) is 4.74 Å². The lowest BCUT2D eigenvalue weighted by Gasteiger charge is -2.19. The fourth-order valence-corrected chi connectivity index (χ4v) is 1.74. The Balaban J connectivity index is 2.32. The normalized spacial score (nSPS) is 14.1. The van der Waals surface area contributed by atoms with Crippen LogP contribution in [0, 0.1) is 0 Å². The molecule has 1 aromatic rings. The lowest BCUT2D eigenvalue weighted by Crippen LogP contribution is -2.16. The highest BCUT2D eigenvalue weighted by Crippen LogP contribution is 2.21. The van der Waals surface area contributed by atoms with Crippen LogP contribution in [0.25, 0.3) is 0 Å². The molecule has 0 aliphatic carbocycles. The standard InChI is InChI=1S/C14H20O3/c1-11(13-7-4-3-5-8-13)14(16)9-6-10-17-12(2)15/h3-5,7-8,11,14,16H,6,9-10H2,1-2H3. The van der Waals surface area contributed by atoms with Crippen LogP contribution in [-0.2, 0) is 9.53 Å². The molecule has 0 fully saturated rings. The summed E-state index contributed by atoms with van der Waals surface area (Å²) in [5.74, 6) is -0.163. The Morgan fingerprint density at radius 3 is 2.59 bits per heavy atom. The van der Waals surface area contributed by atoms with E-state index < -0.39 is 6.10 Å². The summed E-state index contributed by atoms with van der Waals surface area (Å²) in [6.07, 6.45) is 0.939. The first-order valence-electron chi connectivity index (χ1n) is 5.97. The first-order valence-corrected chi connectivity index (χ1v) is 5.97. The minimum absolute atomic E-state index is 0.105. The van der Waals surface area contributed by atoms with Crippen molar-refractivity contribution in [3.05, 3.63) is 35.9 Å². The van der Waals surface area contributed by atoms with Crippen LogP contribution in [0.3, 0.4) is 0 Å². The van der Waals surface area contributed by atoms with Gasteiger partial charge in [0.2, 0.25) is 0 Å². The zero-order chi connectivity index (χ0) is 12.7. The van der Waals surface area contributed by atoms with Crippen molar-refractivity contribution in [2.75, 3.05) is 6.61 Å². The summed E-state index contributed by atoms with van der Waals surface area (Å²) in [4.78, 5) is 10.6. The largest absolute Gasteiger partial charge is 0.466 e. The van der Waals surface area contributed by atoms with Crippen molar-refractivity contribution in [3.63, 3.8) is 0 Å². The molecule has 0 heterocycles. The molecule has 2 unspecified atom stereocenters. The molecule has 0 amide bonds. The minimum atomic E-state index is -0.395. The number of carbonyl (C=O) groups excluding carboxylic acids is 1. The van der Waals surface area contributed by atoms with E-state index in [-0.39, 0.29) is 11.9 Å². The number of aliphatic hydroxyl groups excluding tert-OH is 1. The molecule has 0 aromatic heterocycles. The molecule has 1 aromatic carbocycles. The van der Waals surface area contributed by atoms with Crippen molar-refractivity contribution in [3.8, 4) is 0 Å². The number of benzene rings is 1. The number of carbonyl (C=O) groups is 1. The molecule has 17 heavy (non-hydrogen) atoms. The molecule has 0 saturated carbocycles. The van der Waals surface area contributed by atoms with Crippen LogP contribution in [0.2, 0.25) is 0 Å². The summed E-state index contributed by atoms with van der Waals surface area (Å²) in [6.45, 7) is 3.78. The number of esters is 1. The van der Waals surface area contributed by atoms with Crippen molar-refractivity contribution < 1.29 is 14.6 Å². The van der Waals surface area contributed by atoms with Crippen LogP contribution in [0.15, 0.2) is 30.3 Å². The van der Waals surface area contributed by atoms with Gasteiger partial charge in [0, 0.05) is 12.8 Å². The van der Waals surface area contributed by atoms with E-state index in [0.29, 0.717) is 19.4 Å². The Bertz CT molecular complexity index is 335. The summed E-state index contributed by atoms with van der Waals surface area (Å²) in [5, 5.41) is 10.00. The zero-order valence-corrected chi connectivity index (χ0v) is 10.4. The molecule has 1 N–H and O–H groups in total. The Kier molecular flexibility index (Phi) is 5.70. The van der Waals surface area contributed by atoms with Crippen LogP contribution in [0.5, 0.6) is 0 Å². The molecule has 94 valence electrons. The first-order chi connectivity index (χ1) is 8.11.